The van der Waals surface area contributed by atoms with E-state index in [-0.39, 0.29) is 17.9 Å². The molecule has 0 saturated carbocycles. The summed E-state index contributed by atoms with van der Waals surface area (Å²) in [5, 5.41) is 2.99. The molecule has 0 aromatic heterocycles. The van der Waals surface area contributed by atoms with Crippen LogP contribution >= 0.6 is 27.7 Å². The van der Waals surface area contributed by atoms with Crippen LogP contribution < -0.4 is 10.1 Å². The lowest BCUT2D eigenvalue weighted by Gasteiger charge is -2.29. The number of nitrogens with one attached hydrogen (secondary N) is 1. The van der Waals surface area contributed by atoms with Crippen LogP contribution in [0.2, 0.25) is 0 Å². The molecule has 2 rings (SSSR count). The highest BCUT2D eigenvalue weighted by molar-refractivity contribution is 9.10. The number of carbonyl (C=O) groups excluding carboxylic acids is 2. The molecular formula is C24H31BrN2O3S. The Morgan fingerprint density at radius 2 is 1.84 bits per heavy atom. The zero-order valence-corrected chi connectivity index (χ0v) is 21.0. The highest BCUT2D eigenvalue weighted by Crippen LogP contribution is 2.19. The predicted molar refractivity (Wildman–Crippen MR) is 131 cm³/mol. The summed E-state index contributed by atoms with van der Waals surface area (Å²) in [4.78, 5) is 27.5. The van der Waals surface area contributed by atoms with Crippen molar-refractivity contribution in [3.63, 3.8) is 0 Å². The second-order valence-electron chi connectivity index (χ2n) is 7.49. The molecule has 2 atom stereocenters. The quantitative estimate of drug-likeness (QED) is 0.464. The maximum Gasteiger partial charge on any atom is 0.242 e. The van der Waals surface area contributed by atoms with Gasteiger partial charge in [-0.05, 0) is 55.7 Å². The van der Waals surface area contributed by atoms with Crippen LogP contribution in [0.5, 0.6) is 5.75 Å². The third-order valence-corrected chi connectivity index (χ3v) is 6.55. The van der Waals surface area contributed by atoms with Crippen LogP contribution in [0.15, 0.2) is 53.0 Å². The summed E-state index contributed by atoms with van der Waals surface area (Å²) in [6.45, 7) is 6.17. The molecule has 0 aliphatic rings. The van der Waals surface area contributed by atoms with Crippen molar-refractivity contribution < 1.29 is 14.3 Å². The van der Waals surface area contributed by atoms with Crippen LogP contribution in [0.4, 0.5) is 0 Å². The number of methoxy groups -OCH3 is 1. The molecule has 0 aliphatic heterocycles. The van der Waals surface area contributed by atoms with E-state index in [1.54, 1.807) is 30.7 Å². The number of halogens is 1. The Morgan fingerprint density at radius 1 is 1.13 bits per heavy atom. The van der Waals surface area contributed by atoms with Crippen molar-refractivity contribution in [1.29, 1.82) is 0 Å². The number of ether oxygens (including phenoxy) is 1. The maximum absolute atomic E-state index is 13.1. The number of hydrogen-bond donors (Lipinski definition) is 1. The summed E-state index contributed by atoms with van der Waals surface area (Å²) in [6, 6.07) is 15.2. The van der Waals surface area contributed by atoms with Crippen LogP contribution in [-0.4, -0.2) is 41.7 Å². The van der Waals surface area contributed by atoms with Crippen LogP contribution in [0.1, 0.15) is 38.3 Å². The van der Waals surface area contributed by atoms with Crippen molar-refractivity contribution in [1.82, 2.24) is 10.2 Å². The summed E-state index contributed by atoms with van der Waals surface area (Å²) in [7, 11) is 1.64. The molecule has 0 unspecified atom stereocenters. The number of nitrogens with zero attached hydrogens (tertiary/aromatic N) is 1. The van der Waals surface area contributed by atoms with Gasteiger partial charge in [-0.15, -0.1) is 11.8 Å². The molecule has 0 bridgehead atoms. The van der Waals surface area contributed by atoms with E-state index in [4.69, 9.17) is 4.74 Å². The van der Waals surface area contributed by atoms with E-state index in [2.05, 4.69) is 21.2 Å². The maximum atomic E-state index is 13.1. The summed E-state index contributed by atoms with van der Waals surface area (Å²) in [5.41, 5.74) is 2.10. The summed E-state index contributed by atoms with van der Waals surface area (Å²) in [5.74, 6) is 1.66. The Kier molecular flexibility index (Phi) is 10.4. The first-order chi connectivity index (χ1) is 14.8. The Bertz CT molecular complexity index is 860. The Hall–Kier alpha value is -1.99. The number of amides is 2. The Morgan fingerprint density at radius 3 is 2.45 bits per heavy atom. The van der Waals surface area contributed by atoms with Crippen LogP contribution in [0.3, 0.4) is 0 Å². The van der Waals surface area contributed by atoms with Crippen LogP contribution in [0.25, 0.3) is 0 Å². The van der Waals surface area contributed by atoms with Gasteiger partial charge in [-0.3, -0.25) is 9.59 Å². The monoisotopic (exact) mass is 506 g/mol. The van der Waals surface area contributed by atoms with Gasteiger partial charge in [0.15, 0.2) is 0 Å². The topological polar surface area (TPSA) is 58.6 Å². The summed E-state index contributed by atoms with van der Waals surface area (Å²) >= 11 is 5.02. The van der Waals surface area contributed by atoms with Crippen molar-refractivity contribution in [3.8, 4) is 5.75 Å². The average Bonchev–Trinajstić information content (AvgIpc) is 2.77. The second kappa shape index (κ2) is 12.8. The number of carbonyl (C=O) groups is 2. The third kappa shape index (κ3) is 8.22. The van der Waals surface area contributed by atoms with Crippen molar-refractivity contribution in [2.75, 3.05) is 12.9 Å². The van der Waals surface area contributed by atoms with Crippen molar-refractivity contribution in [2.24, 2.45) is 0 Å². The van der Waals surface area contributed by atoms with Gasteiger partial charge in [0.1, 0.15) is 11.8 Å². The van der Waals surface area contributed by atoms with Gasteiger partial charge in [-0.1, -0.05) is 47.1 Å². The summed E-state index contributed by atoms with van der Waals surface area (Å²) in [6.07, 6.45) is 0.843. The molecule has 0 saturated heterocycles. The van der Waals surface area contributed by atoms with Gasteiger partial charge in [-0.25, -0.2) is 0 Å². The molecule has 1 N–H and O–H groups in total. The molecule has 0 fully saturated rings. The Balaban J connectivity index is 2.06. The third-order valence-electron chi connectivity index (χ3n) is 5.06. The molecule has 0 heterocycles. The number of rotatable bonds is 11. The number of thioether (sulfide) groups is 1. The van der Waals surface area contributed by atoms with E-state index in [0.29, 0.717) is 18.1 Å². The molecule has 2 aromatic rings. The molecule has 0 radical (unpaired) electrons. The van der Waals surface area contributed by atoms with Gasteiger partial charge in [0.2, 0.25) is 11.8 Å². The van der Waals surface area contributed by atoms with Gasteiger partial charge in [0.25, 0.3) is 0 Å². The predicted octanol–water partition coefficient (Wildman–Crippen LogP) is 5.02. The highest BCUT2D eigenvalue weighted by Gasteiger charge is 2.26. The lowest BCUT2D eigenvalue weighted by atomic mass is 10.1. The fourth-order valence-electron chi connectivity index (χ4n) is 2.94. The number of hydrogen-bond acceptors (Lipinski definition) is 4. The van der Waals surface area contributed by atoms with Gasteiger partial charge in [-0.2, -0.15) is 0 Å². The molecule has 2 aromatic carbocycles. The van der Waals surface area contributed by atoms with E-state index in [1.165, 1.54) is 0 Å². The van der Waals surface area contributed by atoms with Crippen molar-refractivity contribution >= 4 is 39.5 Å². The van der Waals surface area contributed by atoms with Gasteiger partial charge < -0.3 is 15.0 Å². The van der Waals surface area contributed by atoms with E-state index in [1.807, 2.05) is 62.4 Å². The minimum Gasteiger partial charge on any atom is -0.497 e. The normalized spacial score (nSPS) is 12.7. The molecule has 168 valence electrons. The first kappa shape index (κ1) is 25.3. The molecule has 7 heteroatoms. The van der Waals surface area contributed by atoms with E-state index >= 15 is 0 Å². The summed E-state index contributed by atoms with van der Waals surface area (Å²) < 4.78 is 6.13. The largest absolute Gasteiger partial charge is 0.497 e. The molecule has 0 spiro atoms. The fourth-order valence-corrected chi connectivity index (χ4v) is 4.26. The van der Waals surface area contributed by atoms with E-state index in [0.717, 1.165) is 27.8 Å². The van der Waals surface area contributed by atoms with Crippen LogP contribution in [0, 0.1) is 0 Å². The number of benzene rings is 2. The lowest BCUT2D eigenvalue weighted by molar-refractivity contribution is -0.138. The van der Waals surface area contributed by atoms with E-state index in [9.17, 15) is 9.59 Å². The minimum atomic E-state index is -0.554. The molecule has 5 nitrogen and oxygen atoms in total. The second-order valence-corrected chi connectivity index (χ2v) is 9.39. The zero-order chi connectivity index (χ0) is 22.8. The molecule has 31 heavy (non-hydrogen) atoms. The fraction of sp³-hybridized carbons (Fsp3) is 0.417. The molecule has 2 amide bonds. The van der Waals surface area contributed by atoms with E-state index < -0.39 is 6.04 Å². The SMILES string of the molecule is CC[C@H](C)NC(=O)[C@@H](C)N(Cc1cccc(Br)c1)C(=O)CSCc1ccc(OC)cc1. The van der Waals surface area contributed by atoms with Crippen molar-refractivity contribution in [3.05, 3.63) is 64.1 Å². The molecule has 0 aliphatic carbocycles. The average molecular weight is 507 g/mol. The van der Waals surface area contributed by atoms with Crippen molar-refractivity contribution in [2.45, 2.75) is 51.6 Å². The highest BCUT2D eigenvalue weighted by atomic mass is 79.9. The standard InChI is InChI=1S/C24H31BrN2O3S/c1-5-17(2)26-24(29)18(3)27(14-20-7-6-8-21(25)13-20)23(28)16-31-15-19-9-11-22(30-4)12-10-19/h6-13,17-18H,5,14-16H2,1-4H3,(H,26,29)/t17-,18+/m0/s1. The smallest absolute Gasteiger partial charge is 0.242 e. The Labute approximate surface area is 198 Å². The zero-order valence-electron chi connectivity index (χ0n) is 18.6. The van der Waals surface area contributed by atoms with Gasteiger partial charge in [0, 0.05) is 22.8 Å². The first-order valence-corrected chi connectivity index (χ1v) is 12.3. The lowest BCUT2D eigenvalue weighted by Crippen LogP contribution is -2.50. The first-order valence-electron chi connectivity index (χ1n) is 10.4. The van der Waals surface area contributed by atoms with Crippen LogP contribution in [-0.2, 0) is 21.9 Å². The van der Waals surface area contributed by atoms with Gasteiger partial charge in [0.05, 0.1) is 12.9 Å². The molecular weight excluding hydrogens is 476 g/mol. The van der Waals surface area contributed by atoms with Gasteiger partial charge >= 0.3 is 0 Å². The minimum absolute atomic E-state index is 0.0507.